The van der Waals surface area contributed by atoms with E-state index >= 15 is 0 Å². The first-order chi connectivity index (χ1) is 64.5. The fourth-order valence-electron chi connectivity index (χ4n) is 15.2. The summed E-state index contributed by atoms with van der Waals surface area (Å²) in [6, 6.07) is 39.4. The smallest absolute Gasteiger partial charge is 0.378 e. The number of alkyl halides is 12. The molecule has 0 radical (unpaired) electrons. The first-order valence-electron chi connectivity index (χ1n) is 42.6. The maximum Gasteiger partial charge on any atom is 0.416 e. The molecule has 16 rings (SSSR count). The van der Waals surface area contributed by atoms with Gasteiger partial charge < -0.3 is 54.5 Å². The average molecular weight is 1890 g/mol. The van der Waals surface area contributed by atoms with Crippen LogP contribution in [0.3, 0.4) is 0 Å². The molecule has 0 aliphatic carbocycles. The van der Waals surface area contributed by atoms with Crippen LogP contribution in [0.25, 0.3) is 44.9 Å². The van der Waals surface area contributed by atoms with Crippen molar-refractivity contribution in [3.63, 3.8) is 0 Å². The lowest BCUT2D eigenvalue weighted by Crippen LogP contribution is -2.40. The number of ketones is 1. The Kier molecular flexibility index (Phi) is 30.8. The van der Waals surface area contributed by atoms with Crippen molar-refractivity contribution in [2.24, 2.45) is 28.2 Å². The van der Waals surface area contributed by atoms with Gasteiger partial charge in [0.2, 0.25) is 0 Å². The van der Waals surface area contributed by atoms with Crippen molar-refractivity contribution in [2.75, 3.05) is 141 Å². The van der Waals surface area contributed by atoms with Gasteiger partial charge in [0.25, 0.3) is 40.0 Å². The highest BCUT2D eigenvalue weighted by atomic mass is 19.4. The molecule has 10 heterocycles. The van der Waals surface area contributed by atoms with Crippen LogP contribution in [-0.4, -0.2) is 173 Å². The maximum atomic E-state index is 13.0. The molecule has 3 N–H and O–H groups in total. The van der Waals surface area contributed by atoms with Crippen LogP contribution in [0.4, 0.5) is 92.6 Å². The van der Waals surface area contributed by atoms with E-state index in [-0.39, 0.29) is 62.4 Å². The molecule has 6 aromatic heterocycles. The van der Waals surface area contributed by atoms with Crippen LogP contribution in [0.5, 0.6) is 0 Å². The third kappa shape index (κ3) is 24.5. The highest BCUT2D eigenvalue weighted by Gasteiger charge is 2.36. The fourth-order valence-corrected chi connectivity index (χ4v) is 15.2. The van der Waals surface area contributed by atoms with Gasteiger partial charge in [-0.05, 0) is 165 Å². The summed E-state index contributed by atoms with van der Waals surface area (Å²) < 4.78 is 183. The molecule has 12 aromatic rings. The van der Waals surface area contributed by atoms with E-state index in [1.54, 1.807) is 113 Å². The molecule has 4 saturated heterocycles. The molecule has 4 fully saturated rings. The molecule has 136 heavy (non-hydrogen) atoms. The number of halogens is 12. The van der Waals surface area contributed by atoms with Gasteiger partial charge in [-0.15, -0.1) is 0 Å². The predicted octanol–water partition coefficient (Wildman–Crippen LogP) is 15.0. The quantitative estimate of drug-likeness (QED) is 0.0563. The number of ether oxygens (including phenoxy) is 4. The Morgan fingerprint density at radius 1 is 0.353 bits per heavy atom. The summed E-state index contributed by atoms with van der Waals surface area (Å²) >= 11 is 0. The van der Waals surface area contributed by atoms with Crippen LogP contribution in [-0.2, 0) is 78.3 Å². The fraction of sp³-hybridized carbons (Fsp3) is 0.302. The number of aryl methyl sites for hydroxylation is 7. The van der Waals surface area contributed by atoms with Gasteiger partial charge in [-0.2, -0.15) is 68.0 Å². The summed E-state index contributed by atoms with van der Waals surface area (Å²) in [5, 5.41) is 21.0. The topological polar surface area (TPSA) is 307 Å². The standard InChI is InChI=1S/C25H24F3N3O3.2C24H23F3N4O3.C23H22F3N5O3/c1-16-6-7-18(23(32)13-17-4-3-5-19(12-17)25(26,27)28)14-20(16)21-15-22(24(33)30(2)29-21)31-8-10-34-11-9-31;1-15-20(17-11-21(30(2)22(32)12-17)31-6-8-34-9-7-31)13-19(14-28-15)29-23(33)16-4-3-5-18(10-16)24(25,26)27;1-15-6-7-18(28-22(32)16-4-3-5-17(12-16)24(25,26)27)13-19(15)20-14-21(23(33)30(2)29-20)31-8-10-34-11-9-31;1-14-18(19-12-20(22(33)30(2)29-19)31-6-8-34-9-7-31)11-17(13-27-14)28-21(32)15-4-3-5-16(10-15)23(24,25)26/h3-7,12,14-15H,8-11,13H2,1-2H3;3-5,10-14H,6-9H2,1-2H3,(H,29,33);3-7,12-14H,8-11H2,1-2H3,(H,28,32);3-5,10-13H,6-9H2,1-2H3,(H,28,32). The minimum atomic E-state index is -4.55. The second-order valence-corrected chi connectivity index (χ2v) is 32.1. The number of amides is 3. The number of Topliss-reactive ketones (excluding diaryl/α,β-unsaturated/α-hetero) is 1. The zero-order valence-corrected chi connectivity index (χ0v) is 74.7. The van der Waals surface area contributed by atoms with Crippen LogP contribution < -0.4 is 57.8 Å². The minimum absolute atomic E-state index is 0.105. The lowest BCUT2D eigenvalue weighted by atomic mass is 9.96. The first kappa shape index (κ1) is 99.0. The number of hydrogen-bond donors (Lipinski definition) is 3. The number of nitrogens with one attached hydrogen (secondary N) is 3. The number of nitrogens with zero attached hydrogens (tertiary/aromatic N) is 13. The molecule has 0 spiro atoms. The maximum absolute atomic E-state index is 13.0. The number of pyridine rings is 3. The lowest BCUT2D eigenvalue weighted by Gasteiger charge is -2.30. The summed E-state index contributed by atoms with van der Waals surface area (Å²) in [5.41, 5.74) is 6.10. The van der Waals surface area contributed by atoms with Gasteiger partial charge in [0.05, 0.1) is 116 Å². The van der Waals surface area contributed by atoms with E-state index in [2.05, 4.69) is 46.1 Å². The van der Waals surface area contributed by atoms with Gasteiger partial charge in [-0.3, -0.25) is 52.9 Å². The van der Waals surface area contributed by atoms with E-state index in [4.69, 9.17) is 18.9 Å². The van der Waals surface area contributed by atoms with Crippen molar-refractivity contribution in [3.05, 3.63) is 302 Å². The lowest BCUT2D eigenvalue weighted by molar-refractivity contribution is -0.138. The highest BCUT2D eigenvalue weighted by Crippen LogP contribution is 2.38. The molecular formula is C96H92F12N16O12. The van der Waals surface area contributed by atoms with Crippen molar-refractivity contribution < 1.29 is 90.8 Å². The first-order valence-corrected chi connectivity index (χ1v) is 42.6. The summed E-state index contributed by atoms with van der Waals surface area (Å²) in [6.07, 6.45) is -15.4. The molecular weight excluding hydrogens is 1800 g/mol. The third-order valence-corrected chi connectivity index (χ3v) is 22.6. The van der Waals surface area contributed by atoms with E-state index in [0.29, 0.717) is 196 Å². The van der Waals surface area contributed by atoms with Gasteiger partial charge in [-0.1, -0.05) is 54.6 Å². The molecule has 40 heteroatoms. The largest absolute Gasteiger partial charge is 0.416 e. The molecule has 4 aliphatic heterocycles. The van der Waals surface area contributed by atoms with E-state index in [9.17, 15) is 91.0 Å². The Bertz CT molecular complexity index is 6510. The Balaban J connectivity index is 0.000000153. The second kappa shape index (κ2) is 42.4. The van der Waals surface area contributed by atoms with Crippen LogP contribution in [0, 0.1) is 27.7 Å². The molecule has 28 nitrogen and oxygen atoms in total. The number of anilines is 7. The van der Waals surface area contributed by atoms with Gasteiger partial charge in [0, 0.05) is 155 Å². The van der Waals surface area contributed by atoms with Gasteiger partial charge in [0.15, 0.2) is 5.78 Å². The number of carbonyl (C=O) groups excluding carboxylic acids is 4. The molecule has 0 saturated carbocycles. The Morgan fingerprint density at radius 2 is 0.691 bits per heavy atom. The van der Waals surface area contributed by atoms with E-state index in [1.807, 2.05) is 34.6 Å². The third-order valence-electron chi connectivity index (χ3n) is 22.6. The van der Waals surface area contributed by atoms with Crippen molar-refractivity contribution >= 4 is 63.4 Å². The number of rotatable bonds is 17. The Labute approximate surface area is 769 Å². The van der Waals surface area contributed by atoms with Gasteiger partial charge in [-0.25, -0.2) is 14.0 Å². The van der Waals surface area contributed by atoms with Crippen LogP contribution in [0.1, 0.15) is 91.8 Å². The summed E-state index contributed by atoms with van der Waals surface area (Å²) in [5.74, 6) is -1.63. The number of carbonyl (C=O) groups is 4. The van der Waals surface area contributed by atoms with Crippen molar-refractivity contribution in [2.45, 2.75) is 58.8 Å². The Hall–Kier alpha value is -14.5. The molecule has 0 unspecified atom stereocenters. The normalized spacial score (nSPS) is 14.2. The van der Waals surface area contributed by atoms with Crippen molar-refractivity contribution in [1.82, 2.24) is 43.9 Å². The predicted molar refractivity (Wildman–Crippen MR) is 486 cm³/mol. The minimum Gasteiger partial charge on any atom is -0.378 e. The zero-order chi connectivity index (χ0) is 97.8. The second-order valence-electron chi connectivity index (χ2n) is 32.1. The number of aromatic nitrogens is 9. The highest BCUT2D eigenvalue weighted by molar-refractivity contribution is 6.06. The summed E-state index contributed by atoms with van der Waals surface area (Å²) in [4.78, 5) is 118. The molecule has 0 bridgehead atoms. The number of hydrogen-bond acceptors (Lipinski definition) is 21. The molecule has 3 amide bonds. The van der Waals surface area contributed by atoms with E-state index < -0.39 is 64.7 Å². The number of benzene rings is 6. The summed E-state index contributed by atoms with van der Waals surface area (Å²) in [7, 11) is 6.41. The summed E-state index contributed by atoms with van der Waals surface area (Å²) in [6.45, 7) is 16.3. The molecule has 4 aliphatic rings. The van der Waals surface area contributed by atoms with E-state index in [1.165, 1.54) is 81.0 Å². The molecule has 712 valence electrons. The van der Waals surface area contributed by atoms with Crippen LogP contribution >= 0.6 is 0 Å². The van der Waals surface area contributed by atoms with Gasteiger partial charge in [0.1, 0.15) is 22.9 Å². The zero-order valence-electron chi connectivity index (χ0n) is 74.7. The number of morpholine rings is 4. The SMILES string of the molecule is Cc1ccc(C(=O)Cc2cccc(C(F)(F)F)c2)cc1-c1cc(N2CCOCC2)c(=O)n(C)n1.Cc1ccc(NC(=O)c2cccc(C(F)(F)F)c2)cc1-c1cc(N2CCOCC2)c(=O)n(C)n1.Cc1ncc(NC(=O)c2cccc(C(F)(F)F)c2)cc1-c1cc(N2CCOCC2)c(=O)n(C)n1.Cc1ncc(NC(=O)c2cccc(C(F)(F)F)c2)cc1-c1cc(N2CCOCC2)n(C)c(=O)c1. The van der Waals surface area contributed by atoms with Crippen molar-refractivity contribution in [1.29, 1.82) is 0 Å². The molecule has 6 aromatic carbocycles. The van der Waals surface area contributed by atoms with E-state index in [0.717, 1.165) is 65.5 Å². The molecule has 0 atom stereocenters. The average Bonchev–Trinajstić information content (AvgIpc) is 0.803. The van der Waals surface area contributed by atoms with Crippen molar-refractivity contribution in [3.8, 4) is 44.9 Å². The van der Waals surface area contributed by atoms with Gasteiger partial charge >= 0.3 is 24.7 Å². The Morgan fingerprint density at radius 3 is 1.10 bits per heavy atom. The van der Waals surface area contributed by atoms with Crippen LogP contribution in [0.15, 0.2) is 207 Å². The monoisotopic (exact) mass is 1890 g/mol. The van der Waals surface area contributed by atoms with Crippen LogP contribution in [0.2, 0.25) is 0 Å².